The number of allylic oxidation sites excluding steroid dienone is 2. The highest BCUT2D eigenvalue weighted by molar-refractivity contribution is 7.90. The fraction of sp³-hybridized carbons (Fsp3) is 0.353. The lowest BCUT2D eigenvalue weighted by molar-refractivity contribution is -0.116. The van der Waals surface area contributed by atoms with Gasteiger partial charge in [0.05, 0.1) is 15.7 Å². The number of benzene rings is 1. The monoisotopic (exact) mass is 337 g/mol. The van der Waals surface area contributed by atoms with E-state index in [-0.39, 0.29) is 5.91 Å². The summed E-state index contributed by atoms with van der Waals surface area (Å²) in [6.07, 6.45) is 9.80. The van der Waals surface area contributed by atoms with Gasteiger partial charge in [0, 0.05) is 17.3 Å². The minimum absolute atomic E-state index is 0.176. The van der Waals surface area contributed by atoms with E-state index in [1.54, 1.807) is 0 Å². The maximum absolute atomic E-state index is 11.7. The Morgan fingerprint density at radius 2 is 2.09 bits per heavy atom. The van der Waals surface area contributed by atoms with E-state index in [9.17, 15) is 9.00 Å². The molecule has 1 atom stereocenters. The third-order valence-corrected chi connectivity index (χ3v) is 5.01. The molecule has 1 aliphatic rings. The predicted octanol–water partition coefficient (Wildman–Crippen LogP) is 3.68. The van der Waals surface area contributed by atoms with E-state index in [2.05, 4.69) is 17.5 Å². The van der Waals surface area contributed by atoms with Gasteiger partial charge in [0.1, 0.15) is 0 Å². The summed E-state index contributed by atoms with van der Waals surface area (Å²) in [6, 6.07) is 7.74. The van der Waals surface area contributed by atoms with Crippen molar-refractivity contribution in [3.63, 3.8) is 0 Å². The molecule has 1 aromatic carbocycles. The van der Waals surface area contributed by atoms with Gasteiger partial charge in [-0.25, -0.2) is 0 Å². The van der Waals surface area contributed by atoms with E-state index in [1.807, 2.05) is 30.3 Å². The molecule has 0 aliphatic carbocycles. The van der Waals surface area contributed by atoms with E-state index in [1.165, 1.54) is 0 Å². The van der Waals surface area contributed by atoms with Gasteiger partial charge in [0.15, 0.2) is 0 Å². The predicted molar refractivity (Wildman–Crippen MR) is 93.1 cm³/mol. The number of amides is 1. The summed E-state index contributed by atoms with van der Waals surface area (Å²) in [5.74, 6) is 0.352. The standard InChI is InChI=1S/C17H20ClNO2S/c18-15-9-6-8-14(13-15)7-4-2-1-3-5-10-16-17(20)19-11-12-22(16)21/h4,6-10,13H,1-3,5,11-12H2,(H,19,20)/b7-4+,16-10-. The van der Waals surface area contributed by atoms with Gasteiger partial charge < -0.3 is 5.32 Å². The minimum Gasteiger partial charge on any atom is -0.351 e. The zero-order chi connectivity index (χ0) is 15.8. The van der Waals surface area contributed by atoms with Crippen LogP contribution in [0.4, 0.5) is 0 Å². The second kappa shape index (κ2) is 8.91. The molecule has 0 saturated carbocycles. The molecule has 118 valence electrons. The van der Waals surface area contributed by atoms with Gasteiger partial charge in [-0.15, -0.1) is 0 Å². The molecular formula is C17H20ClNO2S. The third kappa shape index (κ3) is 5.43. The molecule has 1 saturated heterocycles. The smallest absolute Gasteiger partial charge is 0.259 e. The molecule has 0 spiro atoms. The summed E-state index contributed by atoms with van der Waals surface area (Å²) in [7, 11) is -1.12. The Balaban J connectivity index is 1.69. The number of halogens is 1. The van der Waals surface area contributed by atoms with Crippen molar-refractivity contribution in [2.24, 2.45) is 0 Å². The zero-order valence-corrected chi connectivity index (χ0v) is 14.0. The van der Waals surface area contributed by atoms with E-state index in [4.69, 9.17) is 11.6 Å². The number of nitrogens with one attached hydrogen (secondary N) is 1. The second-order valence-corrected chi connectivity index (χ2v) is 7.09. The normalized spacial score (nSPS) is 20.5. The van der Waals surface area contributed by atoms with Crippen LogP contribution in [-0.4, -0.2) is 22.4 Å². The number of rotatable bonds is 6. The second-order valence-electron chi connectivity index (χ2n) is 5.12. The summed E-state index contributed by atoms with van der Waals surface area (Å²) < 4.78 is 11.7. The SMILES string of the molecule is O=C1NCCS(=O)/C1=C\CCCC/C=C/c1cccc(Cl)c1. The molecule has 5 heteroatoms. The van der Waals surface area contributed by atoms with Gasteiger partial charge in [-0.05, 0) is 43.4 Å². The molecular weight excluding hydrogens is 318 g/mol. The maximum Gasteiger partial charge on any atom is 0.259 e. The van der Waals surface area contributed by atoms with Crippen LogP contribution in [0.2, 0.25) is 5.02 Å². The van der Waals surface area contributed by atoms with Crippen LogP contribution in [0.1, 0.15) is 31.2 Å². The average molecular weight is 338 g/mol. The van der Waals surface area contributed by atoms with Gasteiger partial charge in [0.2, 0.25) is 0 Å². The number of hydrogen-bond acceptors (Lipinski definition) is 2. The molecule has 0 bridgehead atoms. The largest absolute Gasteiger partial charge is 0.351 e. The molecule has 1 amide bonds. The third-order valence-electron chi connectivity index (χ3n) is 3.36. The van der Waals surface area contributed by atoms with Crippen LogP contribution in [-0.2, 0) is 15.6 Å². The first-order chi connectivity index (χ1) is 10.7. The first-order valence-corrected chi connectivity index (χ1v) is 9.15. The molecule has 1 unspecified atom stereocenters. The molecule has 1 heterocycles. The number of carbonyl (C=O) groups is 1. The number of unbranched alkanes of at least 4 members (excludes halogenated alkanes) is 3. The van der Waals surface area contributed by atoms with Crippen LogP contribution in [0, 0.1) is 0 Å². The number of hydrogen-bond donors (Lipinski definition) is 1. The lowest BCUT2D eigenvalue weighted by Gasteiger charge is -2.14. The summed E-state index contributed by atoms with van der Waals surface area (Å²) in [4.78, 5) is 12.0. The molecule has 3 nitrogen and oxygen atoms in total. The zero-order valence-electron chi connectivity index (χ0n) is 12.4. The molecule has 0 aromatic heterocycles. The highest BCUT2D eigenvalue weighted by atomic mass is 35.5. The number of carbonyl (C=O) groups excluding carboxylic acids is 1. The quantitative estimate of drug-likeness (QED) is 0.636. The van der Waals surface area contributed by atoms with E-state index >= 15 is 0 Å². The fourth-order valence-corrected chi connectivity index (χ4v) is 3.50. The van der Waals surface area contributed by atoms with Gasteiger partial charge in [0.25, 0.3) is 5.91 Å². The van der Waals surface area contributed by atoms with Crippen LogP contribution < -0.4 is 5.32 Å². The Labute approximate surface area is 138 Å². The van der Waals surface area contributed by atoms with E-state index in [0.29, 0.717) is 17.2 Å². The van der Waals surface area contributed by atoms with Crippen molar-refractivity contribution in [2.75, 3.05) is 12.3 Å². The summed E-state index contributed by atoms with van der Waals surface area (Å²) in [6.45, 7) is 0.511. The highest BCUT2D eigenvalue weighted by Crippen LogP contribution is 2.13. The van der Waals surface area contributed by atoms with Crippen molar-refractivity contribution in [3.05, 3.63) is 51.9 Å². The van der Waals surface area contributed by atoms with Crippen molar-refractivity contribution >= 4 is 34.4 Å². The Kier molecular flexibility index (Phi) is 6.87. The van der Waals surface area contributed by atoms with Crippen molar-refractivity contribution in [3.8, 4) is 0 Å². The van der Waals surface area contributed by atoms with Crippen molar-refractivity contribution in [1.29, 1.82) is 0 Å². The molecule has 1 fully saturated rings. The summed E-state index contributed by atoms with van der Waals surface area (Å²) in [5.41, 5.74) is 1.10. The van der Waals surface area contributed by atoms with E-state index < -0.39 is 10.8 Å². The topological polar surface area (TPSA) is 46.2 Å². The Bertz CT molecular complexity index is 592. The molecule has 2 rings (SSSR count). The molecule has 1 N–H and O–H groups in total. The van der Waals surface area contributed by atoms with Gasteiger partial charge in [-0.3, -0.25) is 9.00 Å². The van der Waals surface area contributed by atoms with Gasteiger partial charge in [-0.2, -0.15) is 0 Å². The molecule has 22 heavy (non-hydrogen) atoms. The summed E-state index contributed by atoms with van der Waals surface area (Å²) in [5, 5.41) is 3.47. The lowest BCUT2D eigenvalue weighted by Crippen LogP contribution is -2.36. The van der Waals surface area contributed by atoms with Crippen LogP contribution >= 0.6 is 11.6 Å². The Hall–Kier alpha value is -1.39. The average Bonchev–Trinajstić information content (AvgIpc) is 2.49. The first kappa shape index (κ1) is 17.0. The minimum atomic E-state index is -1.12. The van der Waals surface area contributed by atoms with Gasteiger partial charge >= 0.3 is 0 Å². The van der Waals surface area contributed by atoms with Crippen LogP contribution in [0.15, 0.2) is 41.3 Å². The maximum atomic E-state index is 11.7. The Morgan fingerprint density at radius 1 is 1.27 bits per heavy atom. The summed E-state index contributed by atoms with van der Waals surface area (Å²) >= 11 is 5.93. The molecule has 1 aliphatic heterocycles. The Morgan fingerprint density at radius 3 is 2.86 bits per heavy atom. The lowest BCUT2D eigenvalue weighted by atomic mass is 10.1. The van der Waals surface area contributed by atoms with Gasteiger partial charge in [-0.1, -0.05) is 42.0 Å². The van der Waals surface area contributed by atoms with E-state index in [0.717, 1.165) is 36.3 Å². The van der Waals surface area contributed by atoms with Crippen molar-refractivity contribution in [1.82, 2.24) is 5.32 Å². The first-order valence-electron chi connectivity index (χ1n) is 7.45. The van der Waals surface area contributed by atoms with Crippen molar-refractivity contribution in [2.45, 2.75) is 25.7 Å². The molecule has 0 radical (unpaired) electrons. The molecule has 1 aromatic rings. The van der Waals surface area contributed by atoms with Crippen LogP contribution in [0.5, 0.6) is 0 Å². The van der Waals surface area contributed by atoms with Crippen LogP contribution in [0.3, 0.4) is 0 Å². The highest BCUT2D eigenvalue weighted by Gasteiger charge is 2.20. The van der Waals surface area contributed by atoms with Crippen molar-refractivity contribution < 1.29 is 9.00 Å². The fourth-order valence-electron chi connectivity index (χ4n) is 2.21. The van der Waals surface area contributed by atoms with Crippen LogP contribution in [0.25, 0.3) is 6.08 Å².